The average Bonchev–Trinajstić information content (AvgIpc) is 2.88. The Morgan fingerprint density at radius 1 is 1.36 bits per heavy atom. The number of nitrogens with one attached hydrogen (secondary N) is 1. The molecule has 2 N–H and O–H groups in total. The van der Waals surface area contributed by atoms with E-state index in [9.17, 15) is 18.0 Å². The zero-order valence-electron chi connectivity index (χ0n) is 12.4. The molecule has 2 rings (SSSR count). The maximum Gasteiger partial charge on any atom is 0.326 e. The number of amides is 1. The molecule has 1 aromatic carbocycles. The lowest BCUT2D eigenvalue weighted by Crippen LogP contribution is -2.40. The quantitative estimate of drug-likeness (QED) is 0.861. The van der Waals surface area contributed by atoms with Crippen molar-refractivity contribution in [3.05, 3.63) is 29.3 Å². The van der Waals surface area contributed by atoms with E-state index in [1.807, 2.05) is 0 Å². The van der Waals surface area contributed by atoms with Crippen molar-refractivity contribution in [1.82, 2.24) is 4.90 Å². The van der Waals surface area contributed by atoms with Gasteiger partial charge in [-0.25, -0.2) is 13.2 Å². The van der Waals surface area contributed by atoms with Crippen LogP contribution < -0.4 is 4.72 Å². The van der Waals surface area contributed by atoms with Crippen molar-refractivity contribution >= 4 is 27.6 Å². The van der Waals surface area contributed by atoms with Crippen LogP contribution in [0.25, 0.3) is 0 Å². The number of aliphatic carboxylic acids is 1. The van der Waals surface area contributed by atoms with E-state index in [1.54, 1.807) is 19.1 Å². The summed E-state index contributed by atoms with van der Waals surface area (Å²) in [4.78, 5) is 25.0. The lowest BCUT2D eigenvalue weighted by Gasteiger charge is -2.22. The standard InChI is InChI=1S/C14H18N2O5S/c1-9-5-6-10(8-11(9)15-22(2,20)21)13(17)16-7-3-4-12(16)14(18)19/h5-6,8,12,15H,3-4,7H2,1-2H3,(H,18,19)/t12-/m0/s1. The van der Waals surface area contributed by atoms with Crippen molar-refractivity contribution in [2.45, 2.75) is 25.8 Å². The van der Waals surface area contributed by atoms with E-state index in [2.05, 4.69) is 4.72 Å². The summed E-state index contributed by atoms with van der Waals surface area (Å²) in [7, 11) is -3.45. The highest BCUT2D eigenvalue weighted by Gasteiger charge is 2.34. The van der Waals surface area contributed by atoms with Crippen molar-refractivity contribution in [1.29, 1.82) is 0 Å². The fourth-order valence-electron chi connectivity index (χ4n) is 2.50. The number of likely N-dealkylation sites (tertiary alicyclic amines) is 1. The number of carbonyl (C=O) groups is 2. The van der Waals surface area contributed by atoms with Crippen LogP contribution in [0, 0.1) is 6.92 Å². The number of sulfonamides is 1. The number of anilines is 1. The van der Waals surface area contributed by atoms with Crippen LogP contribution in [0.15, 0.2) is 18.2 Å². The molecule has 0 radical (unpaired) electrons. The lowest BCUT2D eigenvalue weighted by atomic mass is 10.1. The Morgan fingerprint density at radius 3 is 2.64 bits per heavy atom. The van der Waals surface area contributed by atoms with E-state index in [4.69, 9.17) is 5.11 Å². The number of nitrogens with zero attached hydrogens (tertiary/aromatic N) is 1. The van der Waals surface area contributed by atoms with Crippen molar-refractivity contribution in [2.24, 2.45) is 0 Å². The molecule has 1 saturated heterocycles. The van der Waals surface area contributed by atoms with Crippen molar-refractivity contribution in [2.75, 3.05) is 17.5 Å². The average molecular weight is 326 g/mol. The molecule has 1 heterocycles. The molecule has 0 aromatic heterocycles. The van der Waals surface area contributed by atoms with Gasteiger partial charge in [-0.1, -0.05) is 6.07 Å². The Hall–Kier alpha value is -2.09. The van der Waals surface area contributed by atoms with Gasteiger partial charge < -0.3 is 10.0 Å². The molecule has 0 saturated carbocycles. The zero-order valence-corrected chi connectivity index (χ0v) is 13.2. The van der Waals surface area contributed by atoms with E-state index in [-0.39, 0.29) is 5.56 Å². The Bertz CT molecular complexity index is 714. The van der Waals surface area contributed by atoms with E-state index < -0.39 is 27.9 Å². The summed E-state index contributed by atoms with van der Waals surface area (Å²) in [5.41, 5.74) is 1.27. The summed E-state index contributed by atoms with van der Waals surface area (Å²) in [6.07, 6.45) is 2.10. The second-order valence-electron chi connectivity index (χ2n) is 5.40. The fourth-order valence-corrected chi connectivity index (χ4v) is 3.12. The number of carboxylic acid groups (broad SMARTS) is 1. The third-order valence-electron chi connectivity index (χ3n) is 3.58. The van der Waals surface area contributed by atoms with E-state index in [1.165, 1.54) is 11.0 Å². The molecule has 0 spiro atoms. The molecule has 0 bridgehead atoms. The van der Waals surface area contributed by atoms with Crippen molar-refractivity contribution < 1.29 is 23.1 Å². The Morgan fingerprint density at radius 2 is 2.05 bits per heavy atom. The van der Waals surface area contributed by atoms with Crippen LogP contribution in [-0.2, 0) is 14.8 Å². The molecule has 7 nitrogen and oxygen atoms in total. The number of benzene rings is 1. The van der Waals surface area contributed by atoms with Gasteiger partial charge in [0, 0.05) is 12.1 Å². The molecule has 0 unspecified atom stereocenters. The first-order valence-electron chi connectivity index (χ1n) is 6.81. The van der Waals surface area contributed by atoms with Crippen LogP contribution >= 0.6 is 0 Å². The molecule has 22 heavy (non-hydrogen) atoms. The van der Waals surface area contributed by atoms with Crippen LogP contribution in [0.2, 0.25) is 0 Å². The SMILES string of the molecule is Cc1ccc(C(=O)N2CCC[C@H]2C(=O)O)cc1NS(C)(=O)=O. The van der Waals surface area contributed by atoms with E-state index >= 15 is 0 Å². The van der Waals surface area contributed by atoms with E-state index in [0.29, 0.717) is 30.6 Å². The number of rotatable bonds is 4. The second-order valence-corrected chi connectivity index (χ2v) is 7.15. The minimum atomic E-state index is -3.45. The first kappa shape index (κ1) is 16.3. The molecule has 120 valence electrons. The summed E-state index contributed by atoms with van der Waals surface area (Å²) in [5, 5.41) is 9.15. The van der Waals surface area contributed by atoms with Crippen LogP contribution in [0.1, 0.15) is 28.8 Å². The van der Waals surface area contributed by atoms with Gasteiger partial charge >= 0.3 is 5.97 Å². The molecule has 1 amide bonds. The molecule has 0 aliphatic carbocycles. The summed E-state index contributed by atoms with van der Waals surface area (Å²) in [6, 6.07) is 3.82. The van der Waals surface area contributed by atoms with E-state index in [0.717, 1.165) is 6.26 Å². The smallest absolute Gasteiger partial charge is 0.326 e. The fraction of sp³-hybridized carbons (Fsp3) is 0.429. The third-order valence-corrected chi connectivity index (χ3v) is 4.17. The minimum absolute atomic E-state index is 0.268. The summed E-state index contributed by atoms with van der Waals surface area (Å²) < 4.78 is 25.0. The van der Waals surface area contributed by atoms with Gasteiger partial charge in [-0.05, 0) is 37.5 Å². The van der Waals surface area contributed by atoms with Gasteiger partial charge in [0.2, 0.25) is 10.0 Å². The zero-order chi connectivity index (χ0) is 16.5. The number of hydrogen-bond acceptors (Lipinski definition) is 4. The normalized spacial score (nSPS) is 18.3. The van der Waals surface area contributed by atoms with Crippen LogP contribution in [-0.4, -0.2) is 49.1 Å². The molecule has 1 aliphatic rings. The maximum atomic E-state index is 12.5. The van der Waals surface area contributed by atoms with Crippen LogP contribution in [0.5, 0.6) is 0 Å². The molecular formula is C14H18N2O5S. The summed E-state index contributed by atoms with van der Waals surface area (Å²) in [6.45, 7) is 2.11. The number of carboxylic acids is 1. The van der Waals surface area contributed by atoms with Gasteiger partial charge in [0.05, 0.1) is 11.9 Å². The molecule has 1 aromatic rings. The largest absolute Gasteiger partial charge is 0.480 e. The predicted molar refractivity (Wildman–Crippen MR) is 81.3 cm³/mol. The van der Waals surface area contributed by atoms with Gasteiger partial charge in [0.25, 0.3) is 5.91 Å². The number of hydrogen-bond donors (Lipinski definition) is 2. The highest BCUT2D eigenvalue weighted by molar-refractivity contribution is 7.92. The topological polar surface area (TPSA) is 104 Å². The maximum absolute atomic E-state index is 12.5. The van der Waals surface area contributed by atoms with Gasteiger partial charge in [-0.15, -0.1) is 0 Å². The Kier molecular flexibility index (Phi) is 4.41. The summed E-state index contributed by atoms with van der Waals surface area (Å²) in [5.74, 6) is -1.42. The van der Waals surface area contributed by atoms with Gasteiger partial charge in [-0.3, -0.25) is 9.52 Å². The lowest BCUT2D eigenvalue weighted by molar-refractivity contribution is -0.141. The highest BCUT2D eigenvalue weighted by atomic mass is 32.2. The molecular weight excluding hydrogens is 308 g/mol. The number of carbonyl (C=O) groups excluding carboxylic acids is 1. The molecule has 1 atom stereocenters. The first-order chi connectivity index (χ1) is 10.2. The van der Waals surface area contributed by atoms with Crippen LogP contribution in [0.4, 0.5) is 5.69 Å². The van der Waals surface area contributed by atoms with Gasteiger partial charge in [0.15, 0.2) is 0 Å². The third kappa shape index (κ3) is 3.56. The monoisotopic (exact) mass is 326 g/mol. The molecule has 8 heteroatoms. The van der Waals surface area contributed by atoms with Crippen molar-refractivity contribution in [3.63, 3.8) is 0 Å². The number of aryl methyl sites for hydroxylation is 1. The second kappa shape index (κ2) is 5.96. The molecule has 1 aliphatic heterocycles. The Balaban J connectivity index is 2.31. The minimum Gasteiger partial charge on any atom is -0.480 e. The van der Waals surface area contributed by atoms with Crippen molar-refractivity contribution in [3.8, 4) is 0 Å². The first-order valence-corrected chi connectivity index (χ1v) is 8.70. The van der Waals surface area contributed by atoms with Gasteiger partial charge in [0.1, 0.15) is 6.04 Å². The van der Waals surface area contributed by atoms with Crippen LogP contribution in [0.3, 0.4) is 0 Å². The summed E-state index contributed by atoms with van der Waals surface area (Å²) >= 11 is 0. The highest BCUT2D eigenvalue weighted by Crippen LogP contribution is 2.23. The predicted octanol–water partition coefficient (Wildman–Crippen LogP) is 1.06. The van der Waals surface area contributed by atoms with Gasteiger partial charge in [-0.2, -0.15) is 0 Å². The molecule has 1 fully saturated rings. The Labute approximate surface area is 129 Å².